The third-order valence-electron chi connectivity index (χ3n) is 4.53. The molecule has 1 saturated heterocycles. The van der Waals surface area contributed by atoms with Crippen molar-refractivity contribution in [2.75, 3.05) is 5.32 Å². The van der Waals surface area contributed by atoms with Gasteiger partial charge in [0.05, 0.1) is 6.04 Å². The predicted octanol–water partition coefficient (Wildman–Crippen LogP) is 3.33. The zero-order valence-electron chi connectivity index (χ0n) is 13.4. The van der Waals surface area contributed by atoms with E-state index in [4.69, 9.17) is 17.0 Å². The van der Waals surface area contributed by atoms with Crippen molar-refractivity contribution in [1.29, 1.82) is 0 Å². The van der Waals surface area contributed by atoms with Crippen LogP contribution in [0.25, 0.3) is 0 Å². The van der Waals surface area contributed by atoms with E-state index in [1.807, 2.05) is 55.5 Å². The fourth-order valence-electron chi connectivity index (χ4n) is 3.45. The second-order valence-corrected chi connectivity index (χ2v) is 7.62. The van der Waals surface area contributed by atoms with E-state index < -0.39 is 11.6 Å². The van der Waals surface area contributed by atoms with Crippen molar-refractivity contribution in [3.63, 3.8) is 0 Å². The molecule has 7 heteroatoms. The van der Waals surface area contributed by atoms with Gasteiger partial charge in [-0.1, -0.05) is 34.1 Å². The highest BCUT2D eigenvalue weighted by Crippen LogP contribution is 2.45. The number of carbonyl (C=O) groups is 1. The number of rotatable bonds is 2. The molecule has 1 amide bonds. The molecule has 0 unspecified atom stereocenters. The van der Waals surface area contributed by atoms with Crippen molar-refractivity contribution in [3.8, 4) is 5.75 Å². The molecular weight excluding hydrogens is 402 g/mol. The average Bonchev–Trinajstić information content (AvgIpc) is 2.55. The number of benzene rings is 2. The highest BCUT2D eigenvalue weighted by Gasteiger charge is 2.54. The molecule has 1 fully saturated rings. The van der Waals surface area contributed by atoms with Crippen molar-refractivity contribution in [1.82, 2.24) is 10.6 Å². The quantitative estimate of drug-likeness (QED) is 0.654. The minimum atomic E-state index is -0.924. The number of amides is 1. The summed E-state index contributed by atoms with van der Waals surface area (Å²) in [7, 11) is 0. The minimum absolute atomic E-state index is 0.133. The summed E-state index contributed by atoms with van der Waals surface area (Å²) in [5.41, 5.74) is 0.730. The number of carbonyl (C=O) groups excluding carboxylic acids is 1. The van der Waals surface area contributed by atoms with Crippen LogP contribution >= 0.6 is 28.1 Å². The molecule has 4 rings (SSSR count). The predicted molar refractivity (Wildman–Crippen MR) is 103 cm³/mol. The molecular formula is C18H16BrN3O2S. The van der Waals surface area contributed by atoms with Crippen LogP contribution in [0.5, 0.6) is 5.75 Å². The van der Waals surface area contributed by atoms with E-state index >= 15 is 0 Å². The highest BCUT2D eigenvalue weighted by atomic mass is 79.9. The Kier molecular flexibility index (Phi) is 3.92. The van der Waals surface area contributed by atoms with Gasteiger partial charge >= 0.3 is 0 Å². The van der Waals surface area contributed by atoms with Gasteiger partial charge in [0.2, 0.25) is 5.91 Å². The van der Waals surface area contributed by atoms with E-state index in [0.717, 1.165) is 21.5 Å². The van der Waals surface area contributed by atoms with Gasteiger partial charge in [-0.15, -0.1) is 0 Å². The lowest BCUT2D eigenvalue weighted by Crippen LogP contribution is -2.70. The van der Waals surface area contributed by atoms with Crippen LogP contribution in [0, 0.1) is 5.92 Å². The average molecular weight is 418 g/mol. The van der Waals surface area contributed by atoms with Crippen LogP contribution in [0.15, 0.2) is 53.0 Å². The molecule has 0 aromatic heterocycles. The Morgan fingerprint density at radius 2 is 2.04 bits per heavy atom. The van der Waals surface area contributed by atoms with Gasteiger partial charge in [0, 0.05) is 15.7 Å². The van der Waals surface area contributed by atoms with Crippen molar-refractivity contribution in [2.24, 2.45) is 5.92 Å². The summed E-state index contributed by atoms with van der Waals surface area (Å²) in [6.45, 7) is 1.85. The highest BCUT2D eigenvalue weighted by molar-refractivity contribution is 9.10. The molecule has 25 heavy (non-hydrogen) atoms. The van der Waals surface area contributed by atoms with E-state index in [1.165, 1.54) is 0 Å². The van der Waals surface area contributed by atoms with Crippen LogP contribution in [-0.4, -0.2) is 16.7 Å². The van der Waals surface area contributed by atoms with Crippen molar-refractivity contribution >= 4 is 44.9 Å². The number of anilines is 1. The molecule has 2 aliphatic rings. The van der Waals surface area contributed by atoms with Crippen LogP contribution in [-0.2, 0) is 4.79 Å². The van der Waals surface area contributed by atoms with Crippen molar-refractivity contribution in [3.05, 3.63) is 58.6 Å². The second-order valence-electron chi connectivity index (χ2n) is 6.30. The molecule has 128 valence electrons. The van der Waals surface area contributed by atoms with Gasteiger partial charge in [0.25, 0.3) is 0 Å². The molecule has 0 aliphatic carbocycles. The Bertz CT molecular complexity index is 861. The molecule has 2 aliphatic heterocycles. The number of fused-ring (bicyclic) bond motifs is 4. The van der Waals surface area contributed by atoms with E-state index in [9.17, 15) is 4.79 Å². The number of hydrogen-bond donors (Lipinski definition) is 3. The van der Waals surface area contributed by atoms with Crippen LogP contribution in [0.4, 0.5) is 5.69 Å². The first-order chi connectivity index (χ1) is 12.0. The molecule has 0 spiro atoms. The Morgan fingerprint density at radius 1 is 1.28 bits per heavy atom. The van der Waals surface area contributed by atoms with E-state index in [0.29, 0.717) is 5.11 Å². The summed E-state index contributed by atoms with van der Waals surface area (Å²) in [6.07, 6.45) is 0. The largest absolute Gasteiger partial charge is 0.467 e. The molecule has 0 saturated carbocycles. The van der Waals surface area contributed by atoms with Gasteiger partial charge in [0.1, 0.15) is 11.7 Å². The monoisotopic (exact) mass is 417 g/mol. The van der Waals surface area contributed by atoms with Crippen LogP contribution < -0.4 is 20.7 Å². The topological polar surface area (TPSA) is 62.4 Å². The molecule has 3 atom stereocenters. The number of ether oxygens (including phenoxy) is 1. The maximum atomic E-state index is 13.1. The number of halogens is 1. The third kappa shape index (κ3) is 2.87. The van der Waals surface area contributed by atoms with Crippen molar-refractivity contribution < 1.29 is 9.53 Å². The molecule has 2 bridgehead atoms. The van der Waals surface area contributed by atoms with Gasteiger partial charge in [-0.25, -0.2) is 0 Å². The Balaban J connectivity index is 1.74. The lowest BCUT2D eigenvalue weighted by Gasteiger charge is -2.50. The molecule has 2 aromatic carbocycles. The van der Waals surface area contributed by atoms with Crippen LogP contribution in [0.2, 0.25) is 0 Å². The zero-order chi connectivity index (χ0) is 17.6. The summed E-state index contributed by atoms with van der Waals surface area (Å²) < 4.78 is 7.09. The number of para-hydroxylation sites is 1. The normalized spacial score (nSPS) is 26.6. The van der Waals surface area contributed by atoms with E-state index in [2.05, 4.69) is 31.9 Å². The fraction of sp³-hybridized carbons (Fsp3) is 0.222. The maximum absolute atomic E-state index is 13.1. The maximum Gasteiger partial charge on any atom is 0.236 e. The molecule has 2 heterocycles. The van der Waals surface area contributed by atoms with Gasteiger partial charge in [-0.05, 0) is 49.5 Å². The first kappa shape index (κ1) is 16.4. The summed E-state index contributed by atoms with van der Waals surface area (Å²) in [5, 5.41) is 9.80. The van der Waals surface area contributed by atoms with Gasteiger partial charge in [0.15, 0.2) is 10.8 Å². The van der Waals surface area contributed by atoms with Gasteiger partial charge in [-0.2, -0.15) is 0 Å². The minimum Gasteiger partial charge on any atom is -0.467 e. The smallest absolute Gasteiger partial charge is 0.236 e. The Morgan fingerprint density at radius 3 is 2.80 bits per heavy atom. The summed E-state index contributed by atoms with van der Waals surface area (Å²) in [5.74, 6) is 0.106. The zero-order valence-corrected chi connectivity index (χ0v) is 15.8. The molecule has 3 N–H and O–H groups in total. The lowest BCUT2D eigenvalue weighted by atomic mass is 9.80. The fourth-order valence-corrected chi connectivity index (χ4v) is 4.16. The first-order valence-electron chi connectivity index (χ1n) is 7.89. The van der Waals surface area contributed by atoms with Crippen LogP contribution in [0.1, 0.15) is 18.5 Å². The SMILES string of the molecule is C[C@]12NC(=S)N[C@H](c3cc(Br)ccc3O1)[C@H]2C(=O)Nc1ccccc1. The number of thiocarbonyl (C=S) groups is 1. The number of nitrogens with one attached hydrogen (secondary N) is 3. The van der Waals surface area contributed by atoms with Gasteiger partial charge in [-0.3, -0.25) is 4.79 Å². The summed E-state index contributed by atoms with van der Waals surface area (Å²) in [4.78, 5) is 13.1. The summed E-state index contributed by atoms with van der Waals surface area (Å²) >= 11 is 8.80. The third-order valence-corrected chi connectivity index (χ3v) is 5.24. The standard InChI is InChI=1S/C18H16BrN3O2S/c1-18-14(16(23)20-11-5-3-2-4-6-11)15(21-17(25)22-18)12-9-10(19)7-8-13(12)24-18/h2-9,14-15H,1H3,(H,20,23)(H2,21,22,25)/t14-,15+,18-/m0/s1. The van der Waals surface area contributed by atoms with Crippen LogP contribution in [0.3, 0.4) is 0 Å². The first-order valence-corrected chi connectivity index (χ1v) is 9.09. The summed E-state index contributed by atoms with van der Waals surface area (Å²) in [6, 6.07) is 14.9. The van der Waals surface area contributed by atoms with Gasteiger partial charge < -0.3 is 20.7 Å². The molecule has 2 aromatic rings. The molecule has 0 radical (unpaired) electrons. The van der Waals surface area contributed by atoms with E-state index in [1.54, 1.807) is 0 Å². The lowest BCUT2D eigenvalue weighted by molar-refractivity contribution is -0.132. The number of hydrogen-bond acceptors (Lipinski definition) is 3. The second kappa shape index (κ2) is 6.00. The Hall–Kier alpha value is -2.12. The molecule has 5 nitrogen and oxygen atoms in total. The van der Waals surface area contributed by atoms with E-state index in [-0.39, 0.29) is 11.9 Å². The van der Waals surface area contributed by atoms with Crippen molar-refractivity contribution in [2.45, 2.75) is 18.7 Å². The Labute approximate surface area is 159 Å².